The lowest BCUT2D eigenvalue weighted by molar-refractivity contribution is 0.476. The quantitative estimate of drug-likeness (QED) is 0.551. The summed E-state index contributed by atoms with van der Waals surface area (Å²) in [5.41, 5.74) is 1.95. The standard InChI is InChI=1S/C17H16ClN3O/c18-17-20-15-11-13(22)8-9-14(15)16(21-17)19-10-4-7-12-5-2-1-3-6-12/h1-3,5-6,8-9,11,22H,4,7,10H2,(H,19,20,21). The molecule has 112 valence electrons. The molecule has 0 radical (unpaired) electrons. The van der Waals surface area contributed by atoms with Crippen LogP contribution in [0, 0.1) is 0 Å². The molecule has 0 aliphatic carbocycles. The van der Waals surface area contributed by atoms with Crippen LogP contribution >= 0.6 is 11.6 Å². The second-order valence-electron chi connectivity index (χ2n) is 5.06. The van der Waals surface area contributed by atoms with Gasteiger partial charge in [0, 0.05) is 18.0 Å². The van der Waals surface area contributed by atoms with Crippen LogP contribution in [-0.4, -0.2) is 21.6 Å². The van der Waals surface area contributed by atoms with Crippen LogP contribution in [0.25, 0.3) is 10.9 Å². The minimum Gasteiger partial charge on any atom is -0.508 e. The zero-order valence-electron chi connectivity index (χ0n) is 12.0. The molecule has 0 aliphatic heterocycles. The fourth-order valence-electron chi connectivity index (χ4n) is 2.37. The van der Waals surface area contributed by atoms with E-state index < -0.39 is 0 Å². The molecule has 0 spiro atoms. The van der Waals surface area contributed by atoms with E-state index in [-0.39, 0.29) is 11.0 Å². The van der Waals surface area contributed by atoms with E-state index in [0.717, 1.165) is 24.8 Å². The maximum atomic E-state index is 9.53. The summed E-state index contributed by atoms with van der Waals surface area (Å²) in [5.74, 6) is 0.861. The zero-order valence-corrected chi connectivity index (χ0v) is 12.7. The van der Waals surface area contributed by atoms with Gasteiger partial charge in [-0.05, 0) is 42.1 Å². The number of aromatic nitrogens is 2. The number of aryl methyl sites for hydroxylation is 1. The molecule has 0 amide bonds. The maximum absolute atomic E-state index is 9.53. The number of phenols is 1. The normalized spacial score (nSPS) is 10.8. The van der Waals surface area contributed by atoms with Gasteiger partial charge in [-0.1, -0.05) is 30.3 Å². The molecule has 4 nitrogen and oxygen atoms in total. The highest BCUT2D eigenvalue weighted by Crippen LogP contribution is 2.25. The summed E-state index contributed by atoms with van der Waals surface area (Å²) >= 11 is 5.94. The minimum atomic E-state index is 0.164. The van der Waals surface area contributed by atoms with Gasteiger partial charge < -0.3 is 10.4 Å². The number of rotatable bonds is 5. The van der Waals surface area contributed by atoms with Gasteiger partial charge in [-0.2, -0.15) is 0 Å². The number of nitrogens with one attached hydrogen (secondary N) is 1. The Hall–Kier alpha value is -2.33. The Kier molecular flexibility index (Phi) is 4.39. The molecular weight excluding hydrogens is 298 g/mol. The largest absolute Gasteiger partial charge is 0.508 e. The predicted octanol–water partition coefficient (Wildman–Crippen LogP) is 4.03. The van der Waals surface area contributed by atoms with Gasteiger partial charge in [-0.15, -0.1) is 0 Å². The number of nitrogens with zero attached hydrogens (tertiary/aromatic N) is 2. The number of aromatic hydroxyl groups is 1. The molecule has 3 rings (SSSR count). The highest BCUT2D eigenvalue weighted by molar-refractivity contribution is 6.28. The lowest BCUT2D eigenvalue weighted by atomic mass is 10.1. The van der Waals surface area contributed by atoms with E-state index in [1.165, 1.54) is 5.56 Å². The first-order valence-corrected chi connectivity index (χ1v) is 7.54. The van der Waals surface area contributed by atoms with Crippen molar-refractivity contribution >= 4 is 28.3 Å². The number of hydrogen-bond donors (Lipinski definition) is 2. The Bertz CT molecular complexity index is 772. The zero-order chi connectivity index (χ0) is 15.4. The first kappa shape index (κ1) is 14.6. The van der Waals surface area contributed by atoms with Crippen LogP contribution in [0.15, 0.2) is 48.5 Å². The van der Waals surface area contributed by atoms with Crippen molar-refractivity contribution in [2.45, 2.75) is 12.8 Å². The van der Waals surface area contributed by atoms with E-state index in [1.807, 2.05) is 18.2 Å². The number of fused-ring (bicyclic) bond motifs is 1. The van der Waals surface area contributed by atoms with Crippen molar-refractivity contribution < 1.29 is 5.11 Å². The first-order chi connectivity index (χ1) is 10.7. The fourth-order valence-corrected chi connectivity index (χ4v) is 2.54. The summed E-state index contributed by atoms with van der Waals surface area (Å²) in [6.45, 7) is 0.790. The number of anilines is 1. The van der Waals surface area contributed by atoms with Crippen LogP contribution in [-0.2, 0) is 6.42 Å². The SMILES string of the molecule is Oc1ccc2c(NCCCc3ccccc3)nc(Cl)nc2c1. The number of halogens is 1. The van der Waals surface area contributed by atoms with Crippen molar-refractivity contribution in [1.82, 2.24) is 9.97 Å². The Morgan fingerprint density at radius 3 is 2.68 bits per heavy atom. The van der Waals surface area contributed by atoms with Crippen molar-refractivity contribution in [2.24, 2.45) is 0 Å². The lowest BCUT2D eigenvalue weighted by Crippen LogP contribution is -2.06. The first-order valence-electron chi connectivity index (χ1n) is 7.16. The van der Waals surface area contributed by atoms with Gasteiger partial charge in [-0.25, -0.2) is 9.97 Å². The second-order valence-corrected chi connectivity index (χ2v) is 5.40. The molecular formula is C17H16ClN3O. The van der Waals surface area contributed by atoms with Crippen LogP contribution < -0.4 is 5.32 Å². The number of phenolic OH excluding ortho intramolecular Hbond substituents is 1. The Morgan fingerprint density at radius 1 is 1.05 bits per heavy atom. The topological polar surface area (TPSA) is 58.0 Å². The molecule has 0 aliphatic rings. The van der Waals surface area contributed by atoms with E-state index >= 15 is 0 Å². The van der Waals surface area contributed by atoms with Crippen molar-refractivity contribution in [3.05, 3.63) is 59.4 Å². The monoisotopic (exact) mass is 313 g/mol. The van der Waals surface area contributed by atoms with Gasteiger partial charge >= 0.3 is 0 Å². The molecule has 22 heavy (non-hydrogen) atoms. The smallest absolute Gasteiger partial charge is 0.224 e. The van der Waals surface area contributed by atoms with Crippen LogP contribution in [0.4, 0.5) is 5.82 Å². The number of benzene rings is 2. The van der Waals surface area contributed by atoms with Gasteiger partial charge in [-0.3, -0.25) is 0 Å². The average molecular weight is 314 g/mol. The van der Waals surface area contributed by atoms with Gasteiger partial charge in [0.1, 0.15) is 11.6 Å². The maximum Gasteiger partial charge on any atom is 0.224 e. The van der Waals surface area contributed by atoms with Crippen molar-refractivity contribution in [3.8, 4) is 5.75 Å². The summed E-state index contributed by atoms with van der Waals surface area (Å²) < 4.78 is 0. The van der Waals surface area contributed by atoms with Gasteiger partial charge in [0.25, 0.3) is 0 Å². The van der Waals surface area contributed by atoms with E-state index in [0.29, 0.717) is 11.3 Å². The molecule has 0 saturated carbocycles. The summed E-state index contributed by atoms with van der Waals surface area (Å²) in [4.78, 5) is 8.36. The molecule has 5 heteroatoms. The molecule has 1 heterocycles. The molecule has 0 atom stereocenters. The summed E-state index contributed by atoms with van der Waals surface area (Å²) in [6.07, 6.45) is 2.00. The Morgan fingerprint density at radius 2 is 1.86 bits per heavy atom. The molecule has 0 fully saturated rings. The lowest BCUT2D eigenvalue weighted by Gasteiger charge is -2.09. The van der Waals surface area contributed by atoms with E-state index in [1.54, 1.807) is 18.2 Å². The highest BCUT2D eigenvalue weighted by atomic mass is 35.5. The van der Waals surface area contributed by atoms with Crippen LogP contribution in [0.2, 0.25) is 5.28 Å². The third-order valence-electron chi connectivity index (χ3n) is 3.43. The van der Waals surface area contributed by atoms with E-state index in [2.05, 4.69) is 27.4 Å². The third-order valence-corrected chi connectivity index (χ3v) is 3.60. The Balaban J connectivity index is 1.68. The van der Waals surface area contributed by atoms with Gasteiger partial charge in [0.05, 0.1) is 5.52 Å². The van der Waals surface area contributed by atoms with E-state index in [9.17, 15) is 5.11 Å². The molecule has 2 N–H and O–H groups in total. The van der Waals surface area contributed by atoms with Crippen molar-refractivity contribution in [1.29, 1.82) is 0 Å². The van der Waals surface area contributed by atoms with Crippen molar-refractivity contribution in [2.75, 3.05) is 11.9 Å². The molecule has 0 bridgehead atoms. The Labute approximate surface area is 133 Å². The third kappa shape index (κ3) is 3.46. The highest BCUT2D eigenvalue weighted by Gasteiger charge is 2.07. The molecule has 3 aromatic rings. The molecule has 0 unspecified atom stereocenters. The van der Waals surface area contributed by atoms with Gasteiger partial charge in [0.15, 0.2) is 0 Å². The van der Waals surface area contributed by atoms with Crippen LogP contribution in [0.5, 0.6) is 5.75 Å². The number of hydrogen-bond acceptors (Lipinski definition) is 4. The molecule has 0 saturated heterocycles. The summed E-state index contributed by atoms with van der Waals surface area (Å²) in [6, 6.07) is 15.4. The summed E-state index contributed by atoms with van der Waals surface area (Å²) in [7, 11) is 0. The molecule has 2 aromatic carbocycles. The second kappa shape index (κ2) is 6.62. The van der Waals surface area contributed by atoms with E-state index in [4.69, 9.17) is 11.6 Å². The van der Waals surface area contributed by atoms with Crippen LogP contribution in [0.1, 0.15) is 12.0 Å². The molecule has 1 aromatic heterocycles. The minimum absolute atomic E-state index is 0.164. The van der Waals surface area contributed by atoms with Gasteiger partial charge in [0.2, 0.25) is 5.28 Å². The average Bonchev–Trinajstić information content (AvgIpc) is 2.52. The predicted molar refractivity (Wildman–Crippen MR) is 89.5 cm³/mol. The van der Waals surface area contributed by atoms with Crippen LogP contribution in [0.3, 0.4) is 0 Å². The van der Waals surface area contributed by atoms with Crippen molar-refractivity contribution in [3.63, 3.8) is 0 Å². The fraction of sp³-hybridized carbons (Fsp3) is 0.176. The summed E-state index contributed by atoms with van der Waals surface area (Å²) in [5, 5.41) is 13.8.